The molecule has 0 radical (unpaired) electrons. The number of oxazole rings is 1. The number of hydrogen-bond acceptors (Lipinski definition) is 5. The van der Waals surface area contributed by atoms with Crippen LogP contribution in [0.4, 0.5) is 13.2 Å². The number of aryl methyl sites for hydroxylation is 1. The molecule has 1 N–H and O–H groups in total. The van der Waals surface area contributed by atoms with Gasteiger partial charge in [0.05, 0.1) is 5.52 Å². The number of fused-ring (bicyclic) bond motifs is 1. The number of rotatable bonds is 7. The van der Waals surface area contributed by atoms with Gasteiger partial charge in [-0.25, -0.2) is 9.78 Å². The van der Waals surface area contributed by atoms with Gasteiger partial charge in [-0.15, -0.1) is 0 Å². The normalized spacial score (nSPS) is 11.5. The molecule has 148 valence electrons. The van der Waals surface area contributed by atoms with Gasteiger partial charge in [-0.05, 0) is 17.7 Å². The Balaban J connectivity index is 1.49. The van der Waals surface area contributed by atoms with E-state index in [-0.39, 0.29) is 31.3 Å². The Morgan fingerprint density at radius 3 is 2.71 bits per heavy atom. The lowest BCUT2D eigenvalue weighted by atomic mass is 10.2. The number of nitrogens with one attached hydrogen (secondary N) is 1. The number of ether oxygens (including phenoxy) is 1. The first-order valence-corrected chi connectivity index (χ1v) is 8.31. The Kier molecular flexibility index (Phi) is 5.67. The molecule has 3 aromatic rings. The van der Waals surface area contributed by atoms with E-state index in [9.17, 15) is 22.8 Å². The summed E-state index contributed by atoms with van der Waals surface area (Å²) in [5, 5.41) is 2.66. The molecule has 0 atom stereocenters. The van der Waals surface area contributed by atoms with Crippen LogP contribution in [0, 0.1) is 0 Å². The van der Waals surface area contributed by atoms with Crippen molar-refractivity contribution in [2.45, 2.75) is 25.7 Å². The molecule has 10 heteroatoms. The highest BCUT2D eigenvalue weighted by molar-refractivity contribution is 5.76. The first-order valence-electron chi connectivity index (χ1n) is 8.31. The minimum absolute atomic E-state index is 0.0592. The lowest BCUT2D eigenvalue weighted by molar-refractivity contribution is -0.154. The van der Waals surface area contributed by atoms with Gasteiger partial charge in [-0.1, -0.05) is 18.2 Å². The number of hydrogen-bond donors (Lipinski definition) is 1. The summed E-state index contributed by atoms with van der Waals surface area (Å²) in [6.07, 6.45) is -3.06. The summed E-state index contributed by atoms with van der Waals surface area (Å²) in [4.78, 5) is 27.6. The molecule has 0 aliphatic rings. The fourth-order valence-electron chi connectivity index (χ4n) is 2.48. The van der Waals surface area contributed by atoms with Gasteiger partial charge in [0, 0.05) is 31.8 Å². The molecule has 2 aromatic heterocycles. The fourth-order valence-corrected chi connectivity index (χ4v) is 2.48. The summed E-state index contributed by atoms with van der Waals surface area (Å²) in [7, 11) is 0. The van der Waals surface area contributed by atoms with E-state index in [2.05, 4.69) is 15.0 Å². The minimum atomic E-state index is -4.43. The van der Waals surface area contributed by atoms with Gasteiger partial charge in [-0.3, -0.25) is 9.36 Å². The quantitative estimate of drug-likeness (QED) is 0.665. The predicted molar refractivity (Wildman–Crippen MR) is 92.7 cm³/mol. The van der Waals surface area contributed by atoms with Crippen LogP contribution in [-0.4, -0.2) is 28.2 Å². The van der Waals surface area contributed by atoms with Gasteiger partial charge in [0.2, 0.25) is 11.8 Å². The van der Waals surface area contributed by atoms with Crippen molar-refractivity contribution in [2.24, 2.45) is 0 Å². The van der Waals surface area contributed by atoms with E-state index in [1.54, 1.807) is 24.3 Å². The highest BCUT2D eigenvalue weighted by Crippen LogP contribution is 2.17. The summed E-state index contributed by atoms with van der Waals surface area (Å²) < 4.78 is 47.3. The third-order valence-electron chi connectivity index (χ3n) is 3.81. The van der Waals surface area contributed by atoms with Gasteiger partial charge < -0.3 is 14.5 Å². The van der Waals surface area contributed by atoms with Gasteiger partial charge >= 0.3 is 11.9 Å². The molecule has 0 fully saturated rings. The number of halogens is 3. The van der Waals surface area contributed by atoms with Gasteiger partial charge in [0.25, 0.3) is 0 Å². The molecule has 0 unspecified atom stereocenters. The third kappa shape index (κ3) is 5.12. The minimum Gasteiger partial charge on any atom is -0.468 e. The van der Waals surface area contributed by atoms with Crippen LogP contribution in [0.15, 0.2) is 51.8 Å². The second-order valence-corrected chi connectivity index (χ2v) is 5.92. The van der Waals surface area contributed by atoms with E-state index in [0.29, 0.717) is 16.7 Å². The summed E-state index contributed by atoms with van der Waals surface area (Å²) >= 11 is 0. The number of aromatic nitrogens is 2. The van der Waals surface area contributed by atoms with Crippen molar-refractivity contribution in [1.82, 2.24) is 14.9 Å². The number of carbonyl (C=O) groups excluding carboxylic acids is 1. The maximum atomic E-state index is 12.1. The highest BCUT2D eigenvalue weighted by atomic mass is 19.4. The zero-order valence-corrected chi connectivity index (χ0v) is 14.5. The molecule has 3 rings (SSSR count). The van der Waals surface area contributed by atoms with Crippen molar-refractivity contribution in [3.8, 4) is 5.88 Å². The smallest absolute Gasteiger partial charge is 0.422 e. The molecule has 0 saturated heterocycles. The molecule has 7 nitrogen and oxygen atoms in total. The van der Waals surface area contributed by atoms with Gasteiger partial charge in [0.15, 0.2) is 12.2 Å². The number of para-hydroxylation sites is 2. The number of benzene rings is 1. The highest BCUT2D eigenvalue weighted by Gasteiger charge is 2.28. The van der Waals surface area contributed by atoms with Crippen molar-refractivity contribution in [1.29, 1.82) is 0 Å². The van der Waals surface area contributed by atoms with Crippen molar-refractivity contribution < 1.29 is 27.1 Å². The van der Waals surface area contributed by atoms with E-state index in [1.165, 1.54) is 22.9 Å². The van der Waals surface area contributed by atoms with Crippen LogP contribution in [0.25, 0.3) is 11.1 Å². The second kappa shape index (κ2) is 8.15. The molecule has 0 bridgehead atoms. The maximum Gasteiger partial charge on any atom is 0.422 e. The van der Waals surface area contributed by atoms with E-state index in [1.807, 2.05) is 0 Å². The second-order valence-electron chi connectivity index (χ2n) is 5.92. The summed E-state index contributed by atoms with van der Waals surface area (Å²) in [5.74, 6) is -0.985. The molecule has 0 spiro atoms. The Bertz CT molecular complexity index is 1010. The van der Waals surface area contributed by atoms with Gasteiger partial charge in [-0.2, -0.15) is 13.2 Å². The van der Waals surface area contributed by atoms with Crippen LogP contribution in [0.1, 0.15) is 12.0 Å². The molecular formula is C18H16F3N3O4. The largest absolute Gasteiger partial charge is 0.468 e. The van der Waals surface area contributed by atoms with Crippen molar-refractivity contribution >= 4 is 17.0 Å². The van der Waals surface area contributed by atoms with Crippen molar-refractivity contribution in [3.05, 3.63) is 58.7 Å². The molecule has 0 saturated carbocycles. The van der Waals surface area contributed by atoms with Crippen LogP contribution < -0.4 is 15.8 Å². The lowest BCUT2D eigenvalue weighted by Crippen LogP contribution is -2.25. The predicted octanol–water partition coefficient (Wildman–Crippen LogP) is 2.64. The first-order chi connectivity index (χ1) is 13.3. The number of nitrogens with zero attached hydrogens (tertiary/aromatic N) is 2. The summed E-state index contributed by atoms with van der Waals surface area (Å²) in [5.41, 5.74) is 1.66. The summed E-state index contributed by atoms with van der Waals surface area (Å²) in [6.45, 7) is -1.12. The average molecular weight is 395 g/mol. The Hall–Kier alpha value is -3.30. The zero-order valence-electron chi connectivity index (χ0n) is 14.5. The fraction of sp³-hybridized carbons (Fsp3) is 0.278. The van der Waals surface area contributed by atoms with Crippen LogP contribution >= 0.6 is 0 Å². The number of pyridine rings is 1. The maximum absolute atomic E-state index is 12.1. The van der Waals surface area contributed by atoms with Crippen LogP contribution in [0.5, 0.6) is 5.88 Å². The van der Waals surface area contributed by atoms with Crippen LogP contribution in [0.3, 0.4) is 0 Å². The van der Waals surface area contributed by atoms with Gasteiger partial charge in [0.1, 0.15) is 0 Å². The molecule has 2 heterocycles. The molecule has 1 aromatic carbocycles. The lowest BCUT2D eigenvalue weighted by Gasteiger charge is -2.09. The van der Waals surface area contributed by atoms with E-state index >= 15 is 0 Å². The van der Waals surface area contributed by atoms with Crippen LogP contribution in [0.2, 0.25) is 0 Å². The third-order valence-corrected chi connectivity index (χ3v) is 3.81. The average Bonchev–Trinajstić information content (AvgIpc) is 2.98. The zero-order chi connectivity index (χ0) is 20.1. The Labute approximate surface area is 156 Å². The Morgan fingerprint density at radius 2 is 2.00 bits per heavy atom. The molecule has 0 aliphatic heterocycles. The molecule has 0 aliphatic carbocycles. The van der Waals surface area contributed by atoms with E-state index < -0.39 is 18.5 Å². The SMILES string of the molecule is O=C(CCn1c(=O)oc2ccccc21)NCc1ccc(OCC(F)(F)F)nc1. The molecular weight excluding hydrogens is 379 g/mol. The van der Waals surface area contributed by atoms with Crippen LogP contribution in [-0.2, 0) is 17.9 Å². The number of amides is 1. The standard InChI is InChI=1S/C18H16F3N3O4/c19-18(20,21)11-27-16-6-5-12(10-23-16)9-22-15(25)7-8-24-13-3-1-2-4-14(13)28-17(24)26/h1-6,10H,7-9,11H2,(H,22,25). The molecule has 28 heavy (non-hydrogen) atoms. The number of carbonyl (C=O) groups is 1. The van der Waals surface area contributed by atoms with Crippen molar-refractivity contribution in [2.75, 3.05) is 6.61 Å². The summed E-state index contributed by atoms with van der Waals surface area (Å²) in [6, 6.07) is 9.71. The van der Waals surface area contributed by atoms with E-state index in [0.717, 1.165) is 0 Å². The number of alkyl halides is 3. The molecule has 1 amide bonds. The van der Waals surface area contributed by atoms with E-state index in [4.69, 9.17) is 4.42 Å². The Morgan fingerprint density at radius 1 is 1.21 bits per heavy atom. The topological polar surface area (TPSA) is 86.4 Å². The van der Waals surface area contributed by atoms with Crippen molar-refractivity contribution in [3.63, 3.8) is 0 Å². The first kappa shape index (κ1) is 19.5. The monoisotopic (exact) mass is 395 g/mol.